The van der Waals surface area contributed by atoms with Crippen LogP contribution in [-0.4, -0.2) is 44.6 Å². The molecule has 0 aliphatic rings. The zero-order chi connectivity index (χ0) is 27.6. The molecule has 11 heteroatoms. The zero-order valence-electron chi connectivity index (χ0n) is 21.5. The van der Waals surface area contributed by atoms with Gasteiger partial charge in [0.25, 0.3) is 0 Å². The van der Waals surface area contributed by atoms with E-state index in [9.17, 15) is 14.3 Å². The standard InChI is InChI=1S/C27H26ClFN4O4S/c1-6-32-25(18-10-20(36-4)14-21(11-18)37-5)30-31-27(32)38-24(26(34)35)12-17-9-15(2)33(16(17)3)19-7-8-23(29)22(28)13-19/h7-14H,6H2,1-5H3,(H,34,35)/b24-12-. The van der Waals surface area contributed by atoms with Crippen LogP contribution in [0.1, 0.15) is 23.9 Å². The van der Waals surface area contributed by atoms with Crippen LogP contribution in [0.25, 0.3) is 23.2 Å². The molecule has 0 spiro atoms. The second-order valence-corrected chi connectivity index (χ2v) is 9.74. The molecule has 0 aliphatic heterocycles. The third-order valence-electron chi connectivity index (χ3n) is 5.97. The average Bonchev–Trinajstić information content (AvgIpc) is 3.44. The van der Waals surface area contributed by atoms with Gasteiger partial charge in [-0.3, -0.25) is 0 Å². The van der Waals surface area contributed by atoms with E-state index in [4.69, 9.17) is 21.1 Å². The Morgan fingerprint density at radius 1 is 1.11 bits per heavy atom. The number of nitrogens with zero attached hydrogens (tertiary/aromatic N) is 4. The first-order chi connectivity index (χ1) is 18.2. The van der Waals surface area contributed by atoms with Gasteiger partial charge < -0.3 is 23.7 Å². The summed E-state index contributed by atoms with van der Waals surface area (Å²) in [7, 11) is 3.13. The number of rotatable bonds is 9. The van der Waals surface area contributed by atoms with E-state index in [1.165, 1.54) is 12.1 Å². The van der Waals surface area contributed by atoms with E-state index in [-0.39, 0.29) is 9.93 Å². The third-order valence-corrected chi connectivity index (χ3v) is 7.26. The van der Waals surface area contributed by atoms with Crippen molar-refractivity contribution in [2.24, 2.45) is 0 Å². The molecule has 0 radical (unpaired) electrons. The number of aliphatic carboxylic acids is 1. The Hall–Kier alpha value is -3.76. The highest BCUT2D eigenvalue weighted by atomic mass is 35.5. The molecule has 8 nitrogen and oxygen atoms in total. The smallest absolute Gasteiger partial charge is 0.342 e. The normalized spacial score (nSPS) is 11.6. The molecule has 1 N–H and O–H groups in total. The van der Waals surface area contributed by atoms with Crippen molar-refractivity contribution in [3.8, 4) is 28.6 Å². The van der Waals surface area contributed by atoms with Gasteiger partial charge in [-0.15, -0.1) is 10.2 Å². The highest BCUT2D eigenvalue weighted by Crippen LogP contribution is 2.34. The van der Waals surface area contributed by atoms with Crippen molar-refractivity contribution in [2.45, 2.75) is 32.5 Å². The first-order valence-corrected chi connectivity index (χ1v) is 12.8. The number of benzene rings is 2. The summed E-state index contributed by atoms with van der Waals surface area (Å²) in [4.78, 5) is 12.3. The van der Waals surface area contributed by atoms with Gasteiger partial charge in [-0.25, -0.2) is 9.18 Å². The molecule has 0 saturated carbocycles. The van der Waals surface area contributed by atoms with Crippen LogP contribution in [0, 0.1) is 19.7 Å². The highest BCUT2D eigenvalue weighted by Gasteiger charge is 2.20. The van der Waals surface area contributed by atoms with E-state index >= 15 is 0 Å². The number of ether oxygens (including phenoxy) is 2. The summed E-state index contributed by atoms with van der Waals surface area (Å²) in [5.74, 6) is 0.156. The van der Waals surface area contributed by atoms with Crippen LogP contribution >= 0.6 is 23.4 Å². The summed E-state index contributed by atoms with van der Waals surface area (Å²) in [5.41, 5.74) is 3.74. The number of carboxylic acid groups (broad SMARTS) is 1. The number of methoxy groups -OCH3 is 2. The van der Waals surface area contributed by atoms with Crippen molar-refractivity contribution in [3.05, 3.63) is 75.2 Å². The lowest BCUT2D eigenvalue weighted by molar-refractivity contribution is -0.131. The molecule has 2 aromatic carbocycles. The van der Waals surface area contributed by atoms with E-state index in [2.05, 4.69) is 10.2 Å². The molecule has 2 heterocycles. The van der Waals surface area contributed by atoms with Crippen molar-refractivity contribution < 1.29 is 23.8 Å². The fourth-order valence-corrected chi connectivity index (χ4v) is 5.18. The zero-order valence-corrected chi connectivity index (χ0v) is 23.0. The highest BCUT2D eigenvalue weighted by molar-refractivity contribution is 8.04. The molecule has 198 valence electrons. The number of carboxylic acids is 1. The first kappa shape index (κ1) is 27.3. The molecule has 0 bridgehead atoms. The average molecular weight is 557 g/mol. The largest absolute Gasteiger partial charge is 0.497 e. The minimum absolute atomic E-state index is 0.0113. The van der Waals surface area contributed by atoms with Crippen molar-refractivity contribution in [1.82, 2.24) is 19.3 Å². The summed E-state index contributed by atoms with van der Waals surface area (Å²) in [6.07, 6.45) is 1.60. The predicted octanol–water partition coefficient (Wildman–Crippen LogP) is 6.40. The van der Waals surface area contributed by atoms with Gasteiger partial charge in [-0.05, 0) is 80.6 Å². The van der Waals surface area contributed by atoms with E-state index in [0.29, 0.717) is 40.3 Å². The van der Waals surface area contributed by atoms with Gasteiger partial charge in [0, 0.05) is 35.2 Å². The fourth-order valence-electron chi connectivity index (χ4n) is 4.13. The Labute approximate surface area is 228 Å². The molecule has 0 aliphatic carbocycles. The van der Waals surface area contributed by atoms with Gasteiger partial charge in [0.2, 0.25) is 0 Å². The summed E-state index contributed by atoms with van der Waals surface area (Å²) < 4.78 is 28.2. The molecule has 0 amide bonds. The van der Waals surface area contributed by atoms with Crippen LogP contribution in [0.15, 0.2) is 52.5 Å². The molecule has 0 saturated heterocycles. The number of hydrogen-bond acceptors (Lipinski definition) is 6. The van der Waals surface area contributed by atoms with Crippen molar-refractivity contribution >= 4 is 35.4 Å². The second kappa shape index (κ2) is 11.3. The Bertz CT molecular complexity index is 1520. The molecular formula is C27H26ClFN4O4S. The fraction of sp³-hybridized carbons (Fsp3) is 0.222. The summed E-state index contributed by atoms with van der Waals surface area (Å²) in [5, 5.41) is 19.1. The summed E-state index contributed by atoms with van der Waals surface area (Å²) in [6, 6.07) is 11.7. The Morgan fingerprint density at radius 2 is 1.79 bits per heavy atom. The van der Waals surface area contributed by atoms with Crippen LogP contribution in [0.3, 0.4) is 0 Å². The van der Waals surface area contributed by atoms with Crippen LogP contribution in [0.4, 0.5) is 4.39 Å². The topological polar surface area (TPSA) is 91.4 Å². The molecule has 4 aromatic rings. The van der Waals surface area contributed by atoms with E-state index in [0.717, 1.165) is 28.7 Å². The second-order valence-electron chi connectivity index (χ2n) is 8.33. The predicted molar refractivity (Wildman–Crippen MR) is 146 cm³/mol. The Kier molecular flexibility index (Phi) is 8.13. The third kappa shape index (κ3) is 5.41. The lowest BCUT2D eigenvalue weighted by Gasteiger charge is -2.11. The minimum Gasteiger partial charge on any atom is -0.497 e. The van der Waals surface area contributed by atoms with Crippen LogP contribution < -0.4 is 9.47 Å². The molecule has 0 fully saturated rings. The maximum Gasteiger partial charge on any atom is 0.342 e. The van der Waals surface area contributed by atoms with Gasteiger partial charge >= 0.3 is 5.97 Å². The molecular weight excluding hydrogens is 531 g/mol. The maximum absolute atomic E-state index is 13.7. The van der Waals surface area contributed by atoms with Crippen molar-refractivity contribution in [1.29, 1.82) is 0 Å². The lowest BCUT2D eigenvalue weighted by Crippen LogP contribution is -2.03. The summed E-state index contributed by atoms with van der Waals surface area (Å²) in [6.45, 7) is 6.19. The number of hydrogen-bond donors (Lipinski definition) is 1. The van der Waals surface area contributed by atoms with Crippen LogP contribution in [0.5, 0.6) is 11.5 Å². The van der Waals surface area contributed by atoms with E-state index in [1.54, 1.807) is 32.4 Å². The SMILES string of the molecule is CCn1c(S/C(=C\c2cc(C)n(-c3ccc(F)c(Cl)c3)c2C)C(=O)O)nnc1-c1cc(OC)cc(OC)c1. The Morgan fingerprint density at radius 3 is 2.37 bits per heavy atom. The lowest BCUT2D eigenvalue weighted by atomic mass is 10.2. The molecule has 38 heavy (non-hydrogen) atoms. The number of thioether (sulfide) groups is 1. The molecule has 0 unspecified atom stereocenters. The van der Waals surface area contributed by atoms with Gasteiger partial charge in [0.15, 0.2) is 11.0 Å². The number of aromatic nitrogens is 4. The van der Waals surface area contributed by atoms with E-state index in [1.807, 2.05) is 48.1 Å². The van der Waals surface area contributed by atoms with Crippen LogP contribution in [-0.2, 0) is 11.3 Å². The number of aryl methyl sites for hydroxylation is 1. The summed E-state index contributed by atoms with van der Waals surface area (Å²) >= 11 is 7.00. The Balaban J connectivity index is 1.72. The van der Waals surface area contributed by atoms with Gasteiger partial charge in [-0.2, -0.15) is 0 Å². The van der Waals surface area contributed by atoms with Crippen LogP contribution in [0.2, 0.25) is 5.02 Å². The van der Waals surface area contributed by atoms with E-state index < -0.39 is 11.8 Å². The van der Waals surface area contributed by atoms with Gasteiger partial charge in [-0.1, -0.05) is 11.6 Å². The van der Waals surface area contributed by atoms with Crippen molar-refractivity contribution in [3.63, 3.8) is 0 Å². The quantitative estimate of drug-likeness (QED) is 0.188. The number of carbonyl (C=O) groups is 1. The monoisotopic (exact) mass is 556 g/mol. The van der Waals surface area contributed by atoms with Gasteiger partial charge in [0.05, 0.1) is 19.2 Å². The van der Waals surface area contributed by atoms with Gasteiger partial charge in [0.1, 0.15) is 22.2 Å². The maximum atomic E-state index is 13.7. The molecule has 4 rings (SSSR count). The number of halogens is 2. The van der Waals surface area contributed by atoms with Crippen molar-refractivity contribution in [2.75, 3.05) is 14.2 Å². The molecule has 2 aromatic heterocycles. The minimum atomic E-state index is -1.10. The first-order valence-electron chi connectivity index (χ1n) is 11.6. The molecule has 0 atom stereocenters.